The van der Waals surface area contributed by atoms with Gasteiger partial charge >= 0.3 is 0 Å². The van der Waals surface area contributed by atoms with Crippen molar-refractivity contribution in [3.05, 3.63) is 17.0 Å². The van der Waals surface area contributed by atoms with Gasteiger partial charge in [-0.15, -0.1) is 23.1 Å². The van der Waals surface area contributed by atoms with Gasteiger partial charge in [0.05, 0.1) is 9.09 Å². The molecule has 0 atom stereocenters. The monoisotopic (exact) mass is 232 g/mol. The number of rotatable bonds is 5. The molecular formula is C9H12OS3. The molecule has 0 bridgehead atoms. The lowest BCUT2D eigenvalue weighted by molar-refractivity contribution is 0.109. The quantitative estimate of drug-likeness (QED) is 0.473. The molecule has 13 heavy (non-hydrogen) atoms. The Morgan fingerprint density at radius 2 is 2.38 bits per heavy atom. The van der Waals surface area contributed by atoms with Crippen molar-refractivity contribution in [1.29, 1.82) is 0 Å². The molecular weight excluding hydrogens is 220 g/mol. The summed E-state index contributed by atoms with van der Waals surface area (Å²) in [5.41, 5.74) is 0. The van der Waals surface area contributed by atoms with Crippen LogP contribution in [0.15, 0.2) is 16.3 Å². The third-order valence-corrected chi connectivity index (χ3v) is 4.32. The van der Waals surface area contributed by atoms with Crippen LogP contribution >= 0.6 is 35.7 Å². The van der Waals surface area contributed by atoms with Crippen molar-refractivity contribution in [2.45, 2.75) is 24.0 Å². The van der Waals surface area contributed by atoms with Crippen LogP contribution in [0.4, 0.5) is 0 Å². The first-order valence-electron chi connectivity index (χ1n) is 4.20. The van der Waals surface area contributed by atoms with Crippen LogP contribution in [0.25, 0.3) is 0 Å². The van der Waals surface area contributed by atoms with Crippen LogP contribution < -0.4 is 0 Å². The van der Waals surface area contributed by atoms with E-state index in [1.807, 2.05) is 23.9 Å². The molecule has 72 valence electrons. The summed E-state index contributed by atoms with van der Waals surface area (Å²) in [7, 11) is 0. The van der Waals surface area contributed by atoms with Gasteiger partial charge in [0, 0.05) is 0 Å². The third-order valence-electron chi connectivity index (χ3n) is 1.53. The number of hydrogen-bond donors (Lipinski definition) is 1. The maximum absolute atomic E-state index is 10.9. The number of unbranched alkanes of at least 4 members (excludes halogenated alkanes) is 1. The summed E-state index contributed by atoms with van der Waals surface area (Å²) in [6, 6.07) is 3.84. The molecule has 0 radical (unpaired) electrons. The molecule has 0 aliphatic carbocycles. The Labute approximate surface area is 92.3 Å². The fourth-order valence-corrected chi connectivity index (χ4v) is 3.17. The van der Waals surface area contributed by atoms with Crippen molar-refractivity contribution in [3.63, 3.8) is 0 Å². The number of thiophene rings is 1. The molecule has 1 nitrogen and oxygen atoms in total. The Hall–Kier alpha value is 0.0700. The largest absolute Gasteiger partial charge is 0.281 e. The maximum atomic E-state index is 10.9. The lowest BCUT2D eigenvalue weighted by Gasteiger charge is -1.94. The molecule has 0 N–H and O–H groups in total. The van der Waals surface area contributed by atoms with Gasteiger partial charge in [0.1, 0.15) is 0 Å². The van der Waals surface area contributed by atoms with Crippen molar-refractivity contribution in [2.75, 3.05) is 5.75 Å². The Morgan fingerprint density at radius 1 is 1.62 bits per heavy atom. The van der Waals surface area contributed by atoms with Crippen molar-refractivity contribution in [1.82, 2.24) is 0 Å². The van der Waals surface area contributed by atoms with E-state index in [1.54, 1.807) is 0 Å². The molecule has 0 spiro atoms. The highest BCUT2D eigenvalue weighted by Gasteiger charge is 2.04. The summed E-state index contributed by atoms with van der Waals surface area (Å²) in [5.74, 6) is 1.14. The minimum Gasteiger partial charge on any atom is -0.281 e. The van der Waals surface area contributed by atoms with Crippen LogP contribution in [0.2, 0.25) is 0 Å². The molecule has 1 aromatic rings. The maximum Gasteiger partial charge on any atom is 0.226 e. The van der Waals surface area contributed by atoms with Crippen LogP contribution in [0.5, 0.6) is 0 Å². The second-order valence-corrected chi connectivity index (χ2v) is 5.51. The highest BCUT2D eigenvalue weighted by Crippen LogP contribution is 2.28. The molecule has 1 rings (SSSR count). The van der Waals surface area contributed by atoms with E-state index in [9.17, 15) is 4.79 Å². The molecule has 1 aromatic heterocycles. The van der Waals surface area contributed by atoms with Gasteiger partial charge in [-0.3, -0.25) is 4.79 Å². The minimum atomic E-state index is -0.132. The predicted molar refractivity (Wildman–Crippen MR) is 63.3 cm³/mol. The van der Waals surface area contributed by atoms with Crippen LogP contribution in [0, 0.1) is 0 Å². The van der Waals surface area contributed by atoms with Crippen molar-refractivity contribution in [3.8, 4) is 0 Å². The minimum absolute atomic E-state index is 0.132. The van der Waals surface area contributed by atoms with Gasteiger partial charge in [-0.1, -0.05) is 26.0 Å². The lowest BCUT2D eigenvalue weighted by atomic mass is 10.4. The molecule has 0 saturated carbocycles. The van der Waals surface area contributed by atoms with E-state index in [2.05, 4.69) is 19.6 Å². The summed E-state index contributed by atoms with van der Waals surface area (Å²) in [4.78, 5) is 11.6. The first kappa shape index (κ1) is 11.1. The molecule has 0 aromatic carbocycles. The van der Waals surface area contributed by atoms with Crippen LogP contribution in [-0.2, 0) is 0 Å². The van der Waals surface area contributed by atoms with Gasteiger partial charge < -0.3 is 0 Å². The normalized spacial score (nSPS) is 10.3. The number of thiol groups is 1. The molecule has 0 amide bonds. The second kappa shape index (κ2) is 5.73. The number of hydrogen-bond acceptors (Lipinski definition) is 3. The van der Waals surface area contributed by atoms with E-state index >= 15 is 0 Å². The zero-order chi connectivity index (χ0) is 9.68. The van der Waals surface area contributed by atoms with E-state index in [-0.39, 0.29) is 5.12 Å². The average molecular weight is 232 g/mol. The Bertz CT molecular complexity index is 280. The second-order valence-electron chi connectivity index (χ2n) is 2.63. The zero-order valence-corrected chi connectivity index (χ0v) is 9.98. The molecule has 0 fully saturated rings. The van der Waals surface area contributed by atoms with E-state index in [4.69, 9.17) is 0 Å². The topological polar surface area (TPSA) is 17.1 Å². The SMILES string of the molecule is CCCCSc1ccc(C(=O)S)s1. The molecule has 0 aliphatic rings. The van der Waals surface area contributed by atoms with Crippen molar-refractivity contribution >= 4 is 40.8 Å². The predicted octanol–water partition coefficient (Wildman–Crippen LogP) is 3.71. The van der Waals surface area contributed by atoms with E-state index < -0.39 is 0 Å². The molecule has 1 heterocycles. The Kier molecular flexibility index (Phi) is 4.91. The van der Waals surface area contributed by atoms with Crippen LogP contribution in [0.1, 0.15) is 29.4 Å². The number of thioether (sulfide) groups is 1. The molecule has 4 heteroatoms. The highest BCUT2D eigenvalue weighted by atomic mass is 32.2. The summed E-state index contributed by atoms with van der Waals surface area (Å²) in [6.07, 6.45) is 2.45. The zero-order valence-electron chi connectivity index (χ0n) is 7.45. The Balaban J connectivity index is 2.44. The van der Waals surface area contributed by atoms with Gasteiger partial charge in [-0.25, -0.2) is 0 Å². The van der Waals surface area contributed by atoms with Gasteiger partial charge in [-0.2, -0.15) is 0 Å². The average Bonchev–Trinajstić information content (AvgIpc) is 2.53. The molecule has 0 saturated heterocycles. The number of carbonyl (C=O) groups is 1. The number of carbonyl (C=O) groups excluding carboxylic acids is 1. The first-order chi connectivity index (χ1) is 6.24. The van der Waals surface area contributed by atoms with Crippen molar-refractivity contribution < 1.29 is 4.79 Å². The standard InChI is InChI=1S/C9H12OS3/c1-2-3-6-12-8-5-4-7(13-8)9(10)11/h4-5H,2-3,6H2,1H3,(H,10,11). The van der Waals surface area contributed by atoms with Crippen molar-refractivity contribution in [2.24, 2.45) is 0 Å². The summed E-state index contributed by atoms with van der Waals surface area (Å²) in [6.45, 7) is 2.18. The van der Waals surface area contributed by atoms with E-state index in [1.165, 1.54) is 28.4 Å². The van der Waals surface area contributed by atoms with Gasteiger partial charge in [0.15, 0.2) is 0 Å². The summed E-state index contributed by atoms with van der Waals surface area (Å²) in [5, 5.41) is -0.132. The fraction of sp³-hybridized carbons (Fsp3) is 0.444. The molecule has 0 unspecified atom stereocenters. The third kappa shape index (κ3) is 3.75. The highest BCUT2D eigenvalue weighted by molar-refractivity contribution is 8.01. The van der Waals surface area contributed by atoms with Crippen LogP contribution in [-0.4, -0.2) is 10.9 Å². The lowest BCUT2D eigenvalue weighted by Crippen LogP contribution is -1.78. The van der Waals surface area contributed by atoms with Gasteiger partial charge in [0.2, 0.25) is 5.12 Å². The van der Waals surface area contributed by atoms with E-state index in [0.29, 0.717) is 0 Å². The Morgan fingerprint density at radius 3 is 2.92 bits per heavy atom. The molecule has 0 aliphatic heterocycles. The smallest absolute Gasteiger partial charge is 0.226 e. The van der Waals surface area contributed by atoms with Gasteiger partial charge in [0.25, 0.3) is 0 Å². The fourth-order valence-electron chi connectivity index (χ4n) is 0.830. The van der Waals surface area contributed by atoms with E-state index in [0.717, 1.165) is 10.6 Å². The van der Waals surface area contributed by atoms with Crippen LogP contribution in [0.3, 0.4) is 0 Å². The van der Waals surface area contributed by atoms with Gasteiger partial charge in [-0.05, 0) is 24.3 Å². The first-order valence-corrected chi connectivity index (χ1v) is 6.45. The summed E-state index contributed by atoms with van der Waals surface area (Å²) < 4.78 is 1.21. The summed E-state index contributed by atoms with van der Waals surface area (Å²) >= 11 is 7.12.